The van der Waals surface area contributed by atoms with Gasteiger partial charge in [-0.15, -0.1) is 0 Å². The Hall–Kier alpha value is -3.60. The highest BCUT2D eigenvalue weighted by Gasteiger charge is 2.22. The normalized spacial score (nSPS) is 11.4. The number of hydrogen-bond acceptors (Lipinski definition) is 3. The monoisotopic (exact) mass is 402 g/mol. The lowest BCUT2D eigenvalue weighted by Crippen LogP contribution is -2.45. The number of nitrogens with one attached hydrogen (secondary N) is 2. The van der Waals surface area contributed by atoms with E-state index in [4.69, 9.17) is 4.74 Å². The van der Waals surface area contributed by atoms with Crippen LogP contribution in [0.3, 0.4) is 0 Å². The molecule has 3 rings (SSSR count). The molecule has 5 nitrogen and oxygen atoms in total. The van der Waals surface area contributed by atoms with Gasteiger partial charge < -0.3 is 15.4 Å². The van der Waals surface area contributed by atoms with Gasteiger partial charge in [0.05, 0.1) is 5.69 Å². The molecule has 154 valence electrons. The number of benzene rings is 3. The Kier molecular flexibility index (Phi) is 7.61. The van der Waals surface area contributed by atoms with Gasteiger partial charge in [0.1, 0.15) is 11.8 Å². The first-order valence-corrected chi connectivity index (χ1v) is 10.1. The van der Waals surface area contributed by atoms with E-state index in [1.165, 1.54) is 0 Å². The van der Waals surface area contributed by atoms with Crippen molar-refractivity contribution in [1.29, 1.82) is 0 Å². The lowest BCUT2D eigenvalue weighted by atomic mass is 10.0. The van der Waals surface area contributed by atoms with Crippen LogP contribution in [0.4, 0.5) is 5.69 Å². The Bertz CT molecular complexity index is 958. The van der Waals surface area contributed by atoms with E-state index in [9.17, 15) is 9.59 Å². The summed E-state index contributed by atoms with van der Waals surface area (Å²) in [5.41, 5.74) is 1.53. The molecule has 3 aromatic rings. The van der Waals surface area contributed by atoms with Crippen molar-refractivity contribution in [3.05, 3.63) is 90.5 Å². The lowest BCUT2D eigenvalue weighted by Gasteiger charge is -2.20. The van der Waals surface area contributed by atoms with Gasteiger partial charge in [-0.3, -0.25) is 9.59 Å². The van der Waals surface area contributed by atoms with E-state index in [0.29, 0.717) is 30.0 Å². The van der Waals surface area contributed by atoms with Gasteiger partial charge in [0, 0.05) is 12.8 Å². The lowest BCUT2D eigenvalue weighted by molar-refractivity contribution is -0.126. The van der Waals surface area contributed by atoms with Crippen LogP contribution in [0, 0.1) is 0 Å². The van der Waals surface area contributed by atoms with Crippen molar-refractivity contribution in [3.8, 4) is 11.5 Å². The summed E-state index contributed by atoms with van der Waals surface area (Å²) in [6.07, 6.45) is 1.51. The molecule has 1 atom stereocenters. The van der Waals surface area contributed by atoms with Gasteiger partial charge in [0.25, 0.3) is 0 Å². The molecule has 30 heavy (non-hydrogen) atoms. The number of rotatable bonds is 9. The molecule has 0 radical (unpaired) electrons. The molecule has 0 aliphatic rings. The first-order valence-electron chi connectivity index (χ1n) is 10.1. The third-order valence-electron chi connectivity index (χ3n) is 4.53. The maximum atomic E-state index is 13.1. The van der Waals surface area contributed by atoms with Crippen molar-refractivity contribution in [3.63, 3.8) is 0 Å². The molecular formula is C25H26N2O3. The summed E-state index contributed by atoms with van der Waals surface area (Å²) >= 11 is 0. The van der Waals surface area contributed by atoms with Gasteiger partial charge in [0.15, 0.2) is 5.75 Å². The van der Waals surface area contributed by atoms with Crippen LogP contribution in [0.2, 0.25) is 0 Å². The molecule has 0 aliphatic heterocycles. The maximum Gasteiger partial charge on any atom is 0.247 e. The minimum atomic E-state index is -0.684. The Morgan fingerprint density at radius 2 is 1.50 bits per heavy atom. The predicted molar refractivity (Wildman–Crippen MR) is 119 cm³/mol. The molecule has 1 unspecified atom stereocenters. The van der Waals surface area contributed by atoms with Crippen LogP contribution in [0.25, 0.3) is 0 Å². The Balaban J connectivity index is 1.77. The van der Waals surface area contributed by atoms with Gasteiger partial charge in [-0.2, -0.15) is 0 Å². The van der Waals surface area contributed by atoms with Crippen LogP contribution >= 0.6 is 0 Å². The largest absolute Gasteiger partial charge is 0.455 e. The van der Waals surface area contributed by atoms with Crippen molar-refractivity contribution in [2.75, 3.05) is 5.32 Å². The van der Waals surface area contributed by atoms with Gasteiger partial charge in [-0.1, -0.05) is 67.6 Å². The fourth-order valence-electron chi connectivity index (χ4n) is 3.05. The third-order valence-corrected chi connectivity index (χ3v) is 4.53. The number of anilines is 1. The number of amides is 2. The smallest absolute Gasteiger partial charge is 0.247 e. The van der Waals surface area contributed by atoms with E-state index in [0.717, 1.165) is 12.0 Å². The molecule has 0 saturated heterocycles. The molecule has 5 heteroatoms. The van der Waals surface area contributed by atoms with Crippen molar-refractivity contribution >= 4 is 17.5 Å². The fourth-order valence-corrected chi connectivity index (χ4v) is 3.05. The molecule has 2 N–H and O–H groups in total. The second-order valence-electron chi connectivity index (χ2n) is 6.96. The third kappa shape index (κ3) is 6.21. The number of hydrogen-bond donors (Lipinski definition) is 2. The highest BCUT2D eigenvalue weighted by molar-refractivity contribution is 5.98. The van der Waals surface area contributed by atoms with Crippen LogP contribution in [-0.2, 0) is 16.0 Å². The van der Waals surface area contributed by atoms with E-state index in [-0.39, 0.29) is 11.8 Å². The molecule has 0 saturated carbocycles. The number of carbonyl (C=O) groups is 2. The zero-order chi connectivity index (χ0) is 21.2. The van der Waals surface area contributed by atoms with E-state index in [2.05, 4.69) is 10.6 Å². The number of carbonyl (C=O) groups excluding carboxylic acids is 2. The van der Waals surface area contributed by atoms with Crippen LogP contribution in [0.5, 0.6) is 11.5 Å². The first-order chi connectivity index (χ1) is 14.7. The van der Waals surface area contributed by atoms with E-state index >= 15 is 0 Å². The standard InChI is InChI=1S/C25H26N2O3/c1-2-11-24(28)26-22(18-19-12-5-3-6-13-19)25(29)27-21-16-9-10-17-23(21)30-20-14-7-4-8-15-20/h3-10,12-17,22H,2,11,18H2,1H3,(H,26,28)(H,27,29). The SMILES string of the molecule is CCCC(=O)NC(Cc1ccccc1)C(=O)Nc1ccccc1Oc1ccccc1. The molecule has 0 aliphatic carbocycles. The maximum absolute atomic E-state index is 13.1. The molecule has 2 amide bonds. The first kappa shape index (κ1) is 21.1. The van der Waals surface area contributed by atoms with Crippen LogP contribution < -0.4 is 15.4 Å². The highest BCUT2D eigenvalue weighted by atomic mass is 16.5. The molecular weight excluding hydrogens is 376 g/mol. The van der Waals surface area contributed by atoms with Crippen molar-refractivity contribution in [2.24, 2.45) is 0 Å². The Morgan fingerprint density at radius 1 is 0.867 bits per heavy atom. The zero-order valence-corrected chi connectivity index (χ0v) is 17.0. The molecule has 0 spiro atoms. The molecule has 0 fully saturated rings. The summed E-state index contributed by atoms with van der Waals surface area (Å²) in [6, 6.07) is 25.6. The molecule has 0 heterocycles. The zero-order valence-electron chi connectivity index (χ0n) is 17.0. The van der Waals surface area contributed by atoms with Crippen LogP contribution in [0.1, 0.15) is 25.3 Å². The van der Waals surface area contributed by atoms with Crippen molar-refractivity contribution in [2.45, 2.75) is 32.2 Å². The van der Waals surface area contributed by atoms with Crippen molar-refractivity contribution < 1.29 is 14.3 Å². The second kappa shape index (κ2) is 10.8. The number of ether oxygens (including phenoxy) is 1. The summed E-state index contributed by atoms with van der Waals surface area (Å²) < 4.78 is 5.93. The van der Waals surface area contributed by atoms with Gasteiger partial charge in [0.2, 0.25) is 11.8 Å². The summed E-state index contributed by atoms with van der Waals surface area (Å²) in [4.78, 5) is 25.3. The van der Waals surface area contributed by atoms with Gasteiger partial charge >= 0.3 is 0 Å². The molecule has 0 bridgehead atoms. The van der Waals surface area contributed by atoms with E-state index in [1.807, 2.05) is 79.7 Å². The van der Waals surface area contributed by atoms with Gasteiger partial charge in [-0.25, -0.2) is 0 Å². The molecule has 3 aromatic carbocycles. The Labute approximate surface area is 177 Å². The minimum Gasteiger partial charge on any atom is -0.455 e. The van der Waals surface area contributed by atoms with Crippen LogP contribution in [0.15, 0.2) is 84.9 Å². The highest BCUT2D eigenvalue weighted by Crippen LogP contribution is 2.29. The topological polar surface area (TPSA) is 67.4 Å². The van der Waals surface area contributed by atoms with Crippen LogP contribution in [-0.4, -0.2) is 17.9 Å². The van der Waals surface area contributed by atoms with E-state index < -0.39 is 6.04 Å². The summed E-state index contributed by atoms with van der Waals surface area (Å²) in [6.45, 7) is 1.93. The van der Waals surface area contributed by atoms with E-state index in [1.54, 1.807) is 12.1 Å². The average Bonchev–Trinajstić information content (AvgIpc) is 2.76. The van der Waals surface area contributed by atoms with Crippen molar-refractivity contribution in [1.82, 2.24) is 5.32 Å². The quantitative estimate of drug-likeness (QED) is 0.532. The number of para-hydroxylation sites is 3. The fraction of sp³-hybridized carbons (Fsp3) is 0.200. The Morgan fingerprint density at radius 3 is 2.20 bits per heavy atom. The van der Waals surface area contributed by atoms with Gasteiger partial charge in [-0.05, 0) is 36.2 Å². The molecule has 0 aromatic heterocycles. The predicted octanol–water partition coefficient (Wildman–Crippen LogP) is 4.95. The minimum absolute atomic E-state index is 0.137. The summed E-state index contributed by atoms with van der Waals surface area (Å²) in [7, 11) is 0. The second-order valence-corrected chi connectivity index (χ2v) is 6.96. The summed E-state index contributed by atoms with van der Waals surface area (Å²) in [5, 5.41) is 5.78. The average molecular weight is 402 g/mol. The summed E-state index contributed by atoms with van der Waals surface area (Å²) in [5.74, 6) is 0.793.